The third-order valence-corrected chi connectivity index (χ3v) is 4.91. The number of aryl methyl sites for hydroxylation is 2. The van der Waals surface area contributed by atoms with Gasteiger partial charge in [-0.3, -0.25) is 9.59 Å². The third kappa shape index (κ3) is 5.26. The maximum absolute atomic E-state index is 12.4. The summed E-state index contributed by atoms with van der Waals surface area (Å²) in [5.74, 6) is 0.323. The smallest absolute Gasteiger partial charge is 0.307 e. The molecule has 8 heteroatoms. The molecule has 1 atom stereocenters. The Morgan fingerprint density at radius 3 is 2.71 bits per heavy atom. The number of amides is 1. The first-order valence-electron chi connectivity index (χ1n) is 8.83. The second-order valence-electron chi connectivity index (χ2n) is 6.33. The number of nitrogens with zero attached hydrogens (tertiary/aromatic N) is 2. The van der Waals surface area contributed by atoms with Crippen molar-refractivity contribution in [3.63, 3.8) is 0 Å². The fourth-order valence-electron chi connectivity index (χ4n) is 2.65. The second kappa shape index (κ2) is 9.27. The summed E-state index contributed by atoms with van der Waals surface area (Å²) in [6.07, 6.45) is 0.560. The fourth-order valence-corrected chi connectivity index (χ4v) is 3.29. The Balaban J connectivity index is 1.60. The van der Waals surface area contributed by atoms with Gasteiger partial charge >= 0.3 is 5.97 Å². The molecule has 7 nitrogen and oxygen atoms in total. The predicted molar refractivity (Wildman–Crippen MR) is 105 cm³/mol. The number of hydrogen-bond acceptors (Lipinski definition) is 7. The predicted octanol–water partition coefficient (Wildman–Crippen LogP) is 3.46. The minimum Gasteiger partial charge on any atom is -0.469 e. The minimum absolute atomic E-state index is 0.0637. The Morgan fingerprint density at radius 2 is 2.04 bits per heavy atom. The lowest BCUT2D eigenvalue weighted by Gasteiger charge is -2.18. The van der Waals surface area contributed by atoms with Gasteiger partial charge < -0.3 is 14.6 Å². The average molecular weight is 399 g/mol. The topological polar surface area (TPSA) is 94.3 Å². The standard InChI is InChI=1S/C20H21N3O4S/c1-13-3-5-14(6-4-13)16(11-19(25)26-2)21-17(24)7-8-18-22-20(23-27-18)15-9-10-28-12-15/h3-6,9-10,12,16H,7-8,11H2,1-2H3,(H,21,24). The highest BCUT2D eigenvalue weighted by molar-refractivity contribution is 7.08. The number of esters is 1. The molecule has 1 aromatic carbocycles. The summed E-state index contributed by atoms with van der Waals surface area (Å²) in [6.45, 7) is 1.98. The molecule has 0 bridgehead atoms. The van der Waals surface area contributed by atoms with E-state index in [0.717, 1.165) is 16.7 Å². The van der Waals surface area contributed by atoms with Crippen LogP contribution < -0.4 is 5.32 Å². The van der Waals surface area contributed by atoms with Crippen molar-refractivity contribution in [1.29, 1.82) is 0 Å². The summed E-state index contributed by atoms with van der Waals surface area (Å²) in [6, 6.07) is 9.13. The molecule has 2 aromatic heterocycles. The number of benzene rings is 1. The summed E-state index contributed by atoms with van der Waals surface area (Å²) in [5, 5.41) is 10.7. The van der Waals surface area contributed by atoms with E-state index in [-0.39, 0.29) is 24.7 Å². The van der Waals surface area contributed by atoms with Crippen LogP contribution in [0.25, 0.3) is 11.4 Å². The van der Waals surface area contributed by atoms with E-state index in [9.17, 15) is 9.59 Å². The van der Waals surface area contributed by atoms with Crippen LogP contribution in [0.5, 0.6) is 0 Å². The number of thiophene rings is 1. The first-order valence-corrected chi connectivity index (χ1v) is 9.77. The van der Waals surface area contributed by atoms with Gasteiger partial charge in [0.2, 0.25) is 17.6 Å². The van der Waals surface area contributed by atoms with Crippen LogP contribution >= 0.6 is 11.3 Å². The normalized spacial score (nSPS) is 11.8. The van der Waals surface area contributed by atoms with Gasteiger partial charge in [0.25, 0.3) is 0 Å². The van der Waals surface area contributed by atoms with Gasteiger partial charge in [-0.2, -0.15) is 16.3 Å². The molecule has 1 N–H and O–H groups in total. The van der Waals surface area contributed by atoms with Crippen LogP contribution in [0.3, 0.4) is 0 Å². The largest absolute Gasteiger partial charge is 0.469 e. The van der Waals surface area contributed by atoms with E-state index >= 15 is 0 Å². The molecular formula is C20H21N3O4S. The van der Waals surface area contributed by atoms with Gasteiger partial charge in [0.05, 0.1) is 19.6 Å². The third-order valence-electron chi connectivity index (χ3n) is 4.23. The van der Waals surface area contributed by atoms with Crippen LogP contribution in [-0.4, -0.2) is 29.1 Å². The van der Waals surface area contributed by atoms with Crippen molar-refractivity contribution in [3.05, 3.63) is 58.1 Å². The first kappa shape index (κ1) is 19.8. The van der Waals surface area contributed by atoms with Crippen molar-refractivity contribution in [3.8, 4) is 11.4 Å². The molecule has 1 amide bonds. The molecule has 3 rings (SSSR count). The number of carbonyl (C=O) groups excluding carboxylic acids is 2. The van der Waals surface area contributed by atoms with Crippen LogP contribution in [0.2, 0.25) is 0 Å². The lowest BCUT2D eigenvalue weighted by molar-refractivity contribution is -0.141. The van der Waals surface area contributed by atoms with Crippen LogP contribution in [-0.2, 0) is 20.7 Å². The van der Waals surface area contributed by atoms with Gasteiger partial charge in [-0.15, -0.1) is 0 Å². The Kier molecular flexibility index (Phi) is 6.54. The number of carbonyl (C=O) groups is 2. The maximum Gasteiger partial charge on any atom is 0.307 e. The SMILES string of the molecule is COC(=O)CC(NC(=O)CCc1nc(-c2ccsc2)no1)c1ccc(C)cc1. The van der Waals surface area contributed by atoms with Gasteiger partial charge in [0.15, 0.2) is 0 Å². The van der Waals surface area contributed by atoms with Gasteiger partial charge in [-0.25, -0.2) is 0 Å². The quantitative estimate of drug-likeness (QED) is 0.583. The van der Waals surface area contributed by atoms with Crippen molar-refractivity contribution < 1.29 is 18.8 Å². The molecule has 146 valence electrons. The number of aromatic nitrogens is 2. The van der Waals surface area contributed by atoms with Crippen molar-refractivity contribution in [2.75, 3.05) is 7.11 Å². The Hall–Kier alpha value is -3.00. The van der Waals surface area contributed by atoms with Crippen LogP contribution in [0, 0.1) is 6.92 Å². The van der Waals surface area contributed by atoms with Crippen molar-refractivity contribution in [1.82, 2.24) is 15.5 Å². The van der Waals surface area contributed by atoms with Gasteiger partial charge in [0, 0.05) is 23.8 Å². The number of nitrogens with one attached hydrogen (secondary N) is 1. The highest BCUT2D eigenvalue weighted by atomic mass is 32.1. The molecule has 28 heavy (non-hydrogen) atoms. The molecule has 0 saturated heterocycles. The molecule has 0 radical (unpaired) electrons. The van der Waals surface area contributed by atoms with E-state index in [4.69, 9.17) is 9.26 Å². The summed E-state index contributed by atoms with van der Waals surface area (Å²) in [5.41, 5.74) is 2.84. The number of rotatable bonds is 8. The van der Waals surface area contributed by atoms with Crippen LogP contribution in [0.15, 0.2) is 45.6 Å². The highest BCUT2D eigenvalue weighted by Gasteiger charge is 2.19. The summed E-state index contributed by atoms with van der Waals surface area (Å²) < 4.78 is 9.97. The van der Waals surface area contributed by atoms with Crippen molar-refractivity contribution >= 4 is 23.2 Å². The van der Waals surface area contributed by atoms with E-state index in [2.05, 4.69) is 15.5 Å². The zero-order valence-electron chi connectivity index (χ0n) is 15.7. The Morgan fingerprint density at radius 1 is 1.25 bits per heavy atom. The van der Waals surface area contributed by atoms with E-state index in [1.807, 2.05) is 48.0 Å². The van der Waals surface area contributed by atoms with Crippen LogP contribution in [0.1, 0.15) is 35.9 Å². The molecule has 2 heterocycles. The number of methoxy groups -OCH3 is 1. The lowest BCUT2D eigenvalue weighted by Crippen LogP contribution is -2.30. The zero-order chi connectivity index (χ0) is 19.9. The molecule has 0 saturated carbocycles. The molecule has 0 fully saturated rings. The highest BCUT2D eigenvalue weighted by Crippen LogP contribution is 2.20. The van der Waals surface area contributed by atoms with E-state index in [0.29, 0.717) is 18.1 Å². The van der Waals surface area contributed by atoms with Crippen molar-refractivity contribution in [2.45, 2.75) is 32.2 Å². The maximum atomic E-state index is 12.4. The van der Waals surface area contributed by atoms with Crippen molar-refractivity contribution in [2.24, 2.45) is 0 Å². The van der Waals surface area contributed by atoms with E-state index in [1.54, 1.807) is 11.3 Å². The average Bonchev–Trinajstić information content (AvgIpc) is 3.38. The monoisotopic (exact) mass is 399 g/mol. The summed E-state index contributed by atoms with van der Waals surface area (Å²) in [4.78, 5) is 28.5. The summed E-state index contributed by atoms with van der Waals surface area (Å²) in [7, 11) is 1.33. The minimum atomic E-state index is -0.454. The van der Waals surface area contributed by atoms with E-state index < -0.39 is 6.04 Å². The number of hydrogen-bond donors (Lipinski definition) is 1. The van der Waals surface area contributed by atoms with Gasteiger partial charge in [-0.05, 0) is 23.9 Å². The van der Waals surface area contributed by atoms with Gasteiger partial charge in [-0.1, -0.05) is 35.0 Å². The molecule has 3 aromatic rings. The molecule has 0 spiro atoms. The molecular weight excluding hydrogens is 378 g/mol. The zero-order valence-corrected chi connectivity index (χ0v) is 16.5. The van der Waals surface area contributed by atoms with Gasteiger partial charge in [0.1, 0.15) is 0 Å². The molecule has 0 aliphatic carbocycles. The molecule has 0 aliphatic heterocycles. The second-order valence-corrected chi connectivity index (χ2v) is 7.11. The first-order chi connectivity index (χ1) is 13.5. The fraction of sp³-hybridized carbons (Fsp3) is 0.300. The Bertz CT molecular complexity index is 919. The Labute approximate surface area is 166 Å². The number of ether oxygens (including phenoxy) is 1. The molecule has 0 aliphatic rings. The lowest BCUT2D eigenvalue weighted by atomic mass is 10.0. The summed E-state index contributed by atoms with van der Waals surface area (Å²) >= 11 is 1.55. The van der Waals surface area contributed by atoms with Crippen LogP contribution in [0.4, 0.5) is 0 Å². The van der Waals surface area contributed by atoms with E-state index in [1.165, 1.54) is 7.11 Å². The molecule has 1 unspecified atom stereocenters.